The molecule has 1 aromatic carbocycles. The molecule has 1 aliphatic heterocycles. The summed E-state index contributed by atoms with van der Waals surface area (Å²) < 4.78 is 13.6. The van der Waals surface area contributed by atoms with Crippen LogP contribution in [0.15, 0.2) is 35.0 Å². The molecule has 0 saturated carbocycles. The molecule has 0 bridgehead atoms. The van der Waals surface area contributed by atoms with Crippen LogP contribution in [-0.4, -0.2) is 41.1 Å². The summed E-state index contributed by atoms with van der Waals surface area (Å²) in [6, 6.07) is 7.29. The maximum atomic E-state index is 13.6. The molecule has 1 fully saturated rings. The standard InChI is InChI=1S/C17H20FN3S2/c1-13-2-3-15(10-16(13)18)19-17(22)21-7-5-20(6-8-21)11-14-4-9-23-12-14/h2-4,9-10,12H,5-8,11H2,1H3,(H,19,22). The SMILES string of the molecule is Cc1ccc(NC(=S)N2CCN(Cc3ccsc3)CC2)cc1F. The number of thiophene rings is 1. The van der Waals surface area contributed by atoms with Crippen LogP contribution in [0.5, 0.6) is 0 Å². The van der Waals surface area contributed by atoms with Gasteiger partial charge in [0, 0.05) is 38.4 Å². The summed E-state index contributed by atoms with van der Waals surface area (Å²) in [5.41, 5.74) is 2.72. The Bertz CT molecular complexity index is 664. The van der Waals surface area contributed by atoms with Crippen molar-refractivity contribution >= 4 is 34.4 Å². The number of nitrogens with one attached hydrogen (secondary N) is 1. The van der Waals surface area contributed by atoms with Crippen LogP contribution in [0.2, 0.25) is 0 Å². The van der Waals surface area contributed by atoms with Gasteiger partial charge in [-0.25, -0.2) is 4.39 Å². The number of anilines is 1. The molecule has 1 N–H and O–H groups in total. The Kier molecular flexibility index (Phi) is 5.25. The molecule has 2 heterocycles. The highest BCUT2D eigenvalue weighted by Crippen LogP contribution is 2.16. The first-order valence-corrected chi connectivity index (χ1v) is 9.02. The number of rotatable bonds is 3. The number of benzene rings is 1. The van der Waals surface area contributed by atoms with E-state index in [2.05, 4.69) is 31.9 Å². The van der Waals surface area contributed by atoms with Gasteiger partial charge in [-0.05, 0) is 59.2 Å². The number of halogens is 1. The molecule has 1 aliphatic rings. The fourth-order valence-electron chi connectivity index (χ4n) is 2.62. The third-order valence-electron chi connectivity index (χ3n) is 4.07. The topological polar surface area (TPSA) is 18.5 Å². The maximum Gasteiger partial charge on any atom is 0.173 e. The summed E-state index contributed by atoms with van der Waals surface area (Å²) in [4.78, 5) is 4.59. The van der Waals surface area contributed by atoms with Crippen molar-refractivity contribution in [2.45, 2.75) is 13.5 Å². The maximum absolute atomic E-state index is 13.6. The van der Waals surface area contributed by atoms with Gasteiger partial charge in [-0.15, -0.1) is 0 Å². The highest BCUT2D eigenvalue weighted by Gasteiger charge is 2.19. The van der Waals surface area contributed by atoms with E-state index in [1.165, 1.54) is 11.6 Å². The van der Waals surface area contributed by atoms with E-state index in [4.69, 9.17) is 12.2 Å². The van der Waals surface area contributed by atoms with Crippen molar-refractivity contribution in [1.29, 1.82) is 0 Å². The minimum atomic E-state index is -0.210. The molecule has 0 unspecified atom stereocenters. The molecule has 0 spiro atoms. The minimum absolute atomic E-state index is 0.210. The van der Waals surface area contributed by atoms with Gasteiger partial charge >= 0.3 is 0 Å². The van der Waals surface area contributed by atoms with Crippen LogP contribution >= 0.6 is 23.6 Å². The second-order valence-electron chi connectivity index (χ2n) is 5.79. The van der Waals surface area contributed by atoms with Crippen LogP contribution < -0.4 is 5.32 Å². The molecule has 23 heavy (non-hydrogen) atoms. The van der Waals surface area contributed by atoms with E-state index < -0.39 is 0 Å². The molecular formula is C17H20FN3S2. The molecule has 122 valence electrons. The van der Waals surface area contributed by atoms with Gasteiger partial charge < -0.3 is 10.2 Å². The Balaban J connectivity index is 1.50. The van der Waals surface area contributed by atoms with Gasteiger partial charge in [0.15, 0.2) is 5.11 Å². The highest BCUT2D eigenvalue weighted by atomic mass is 32.1. The zero-order chi connectivity index (χ0) is 16.2. The molecule has 1 aromatic heterocycles. The van der Waals surface area contributed by atoms with Crippen molar-refractivity contribution in [1.82, 2.24) is 9.80 Å². The molecule has 0 aliphatic carbocycles. The van der Waals surface area contributed by atoms with Gasteiger partial charge in [0.1, 0.15) is 5.82 Å². The smallest absolute Gasteiger partial charge is 0.173 e. The lowest BCUT2D eigenvalue weighted by molar-refractivity contribution is 0.177. The summed E-state index contributed by atoms with van der Waals surface area (Å²) >= 11 is 7.20. The monoisotopic (exact) mass is 349 g/mol. The predicted octanol–water partition coefficient (Wildman–Crippen LogP) is 3.71. The molecule has 0 atom stereocenters. The fraction of sp³-hybridized carbons (Fsp3) is 0.353. The van der Waals surface area contributed by atoms with E-state index in [1.807, 2.05) is 6.07 Å². The van der Waals surface area contributed by atoms with E-state index in [-0.39, 0.29) is 5.82 Å². The first-order chi connectivity index (χ1) is 11.1. The Morgan fingerprint density at radius 3 is 2.70 bits per heavy atom. The Hall–Kier alpha value is -1.50. The Morgan fingerprint density at radius 1 is 1.26 bits per heavy atom. The number of aryl methyl sites for hydroxylation is 1. The number of thiocarbonyl (C=S) groups is 1. The average molecular weight is 350 g/mol. The summed E-state index contributed by atoms with van der Waals surface area (Å²) in [5, 5.41) is 8.13. The third kappa shape index (κ3) is 4.28. The quantitative estimate of drug-likeness (QED) is 0.851. The van der Waals surface area contributed by atoms with Gasteiger partial charge in [0.2, 0.25) is 0 Å². The van der Waals surface area contributed by atoms with E-state index in [9.17, 15) is 4.39 Å². The lowest BCUT2D eigenvalue weighted by Crippen LogP contribution is -2.49. The summed E-state index contributed by atoms with van der Waals surface area (Å²) in [6.45, 7) is 6.51. The second-order valence-corrected chi connectivity index (χ2v) is 6.96. The fourth-order valence-corrected chi connectivity index (χ4v) is 3.58. The number of piperazine rings is 1. The van der Waals surface area contributed by atoms with Gasteiger partial charge in [-0.2, -0.15) is 11.3 Å². The van der Waals surface area contributed by atoms with E-state index in [1.54, 1.807) is 24.3 Å². The van der Waals surface area contributed by atoms with Gasteiger partial charge in [-0.1, -0.05) is 6.07 Å². The van der Waals surface area contributed by atoms with Crippen LogP contribution in [0, 0.1) is 12.7 Å². The lowest BCUT2D eigenvalue weighted by Gasteiger charge is -2.36. The summed E-state index contributed by atoms with van der Waals surface area (Å²) in [6.07, 6.45) is 0. The van der Waals surface area contributed by atoms with Gasteiger partial charge in [0.05, 0.1) is 0 Å². The van der Waals surface area contributed by atoms with Crippen LogP contribution in [0.25, 0.3) is 0 Å². The summed E-state index contributed by atoms with van der Waals surface area (Å²) in [5.74, 6) is -0.210. The zero-order valence-electron chi connectivity index (χ0n) is 13.1. The van der Waals surface area contributed by atoms with Crippen LogP contribution in [0.3, 0.4) is 0 Å². The number of hydrogen-bond donors (Lipinski definition) is 1. The molecular weight excluding hydrogens is 329 g/mol. The van der Waals surface area contributed by atoms with E-state index >= 15 is 0 Å². The van der Waals surface area contributed by atoms with Crippen molar-refractivity contribution < 1.29 is 4.39 Å². The largest absolute Gasteiger partial charge is 0.346 e. The molecule has 1 saturated heterocycles. The van der Waals surface area contributed by atoms with Crippen molar-refractivity contribution in [3.63, 3.8) is 0 Å². The third-order valence-corrected chi connectivity index (χ3v) is 5.16. The van der Waals surface area contributed by atoms with E-state index in [0.717, 1.165) is 32.7 Å². The van der Waals surface area contributed by atoms with Crippen molar-refractivity contribution in [3.8, 4) is 0 Å². The Morgan fingerprint density at radius 2 is 2.04 bits per heavy atom. The second kappa shape index (κ2) is 7.38. The lowest BCUT2D eigenvalue weighted by atomic mass is 10.2. The van der Waals surface area contributed by atoms with Gasteiger partial charge in [0.25, 0.3) is 0 Å². The molecule has 6 heteroatoms. The first kappa shape index (κ1) is 16.4. The van der Waals surface area contributed by atoms with Crippen molar-refractivity contribution in [2.24, 2.45) is 0 Å². The molecule has 2 aromatic rings. The predicted molar refractivity (Wildman–Crippen MR) is 98.5 cm³/mol. The first-order valence-electron chi connectivity index (χ1n) is 7.67. The number of nitrogens with zero attached hydrogens (tertiary/aromatic N) is 2. The normalized spacial score (nSPS) is 15.7. The molecule has 0 amide bonds. The van der Waals surface area contributed by atoms with E-state index in [0.29, 0.717) is 16.4 Å². The molecule has 0 radical (unpaired) electrons. The molecule has 3 nitrogen and oxygen atoms in total. The Labute approximate surface area is 145 Å². The summed E-state index contributed by atoms with van der Waals surface area (Å²) in [7, 11) is 0. The van der Waals surface area contributed by atoms with Crippen LogP contribution in [0.1, 0.15) is 11.1 Å². The minimum Gasteiger partial charge on any atom is -0.346 e. The average Bonchev–Trinajstić information content (AvgIpc) is 3.04. The highest BCUT2D eigenvalue weighted by molar-refractivity contribution is 7.80. The van der Waals surface area contributed by atoms with Crippen LogP contribution in [0.4, 0.5) is 10.1 Å². The number of hydrogen-bond acceptors (Lipinski definition) is 3. The molecule has 3 rings (SSSR count). The zero-order valence-corrected chi connectivity index (χ0v) is 14.7. The van der Waals surface area contributed by atoms with Crippen molar-refractivity contribution in [2.75, 3.05) is 31.5 Å². The van der Waals surface area contributed by atoms with Crippen molar-refractivity contribution in [3.05, 3.63) is 52.0 Å². The van der Waals surface area contributed by atoms with Crippen LogP contribution in [-0.2, 0) is 6.54 Å². The van der Waals surface area contributed by atoms with Gasteiger partial charge in [-0.3, -0.25) is 4.90 Å².